The monoisotopic (exact) mass is 285 g/mol. The lowest BCUT2D eigenvalue weighted by Crippen LogP contribution is -2.43. The summed E-state index contributed by atoms with van der Waals surface area (Å²) >= 11 is 0. The molecular weight excluding hydrogens is 266 g/mol. The van der Waals surface area contributed by atoms with Crippen LogP contribution in [0.2, 0.25) is 0 Å². The van der Waals surface area contributed by atoms with Crippen LogP contribution in [0.5, 0.6) is 0 Å². The van der Waals surface area contributed by atoms with E-state index in [9.17, 15) is 4.79 Å². The van der Waals surface area contributed by atoms with E-state index in [1.54, 1.807) is 6.20 Å². The van der Waals surface area contributed by atoms with Crippen molar-refractivity contribution >= 4 is 5.91 Å². The van der Waals surface area contributed by atoms with Gasteiger partial charge in [0.15, 0.2) is 0 Å². The number of carbonyl (C=O) groups excluding carboxylic acids is 1. The minimum Gasteiger partial charge on any atom is -0.368 e. The zero-order valence-corrected chi connectivity index (χ0v) is 11.8. The molecule has 6 nitrogen and oxygen atoms in total. The summed E-state index contributed by atoms with van der Waals surface area (Å²) in [5.74, 6) is -0.291. The molecule has 1 aliphatic rings. The Bertz CT molecular complexity index is 575. The molecule has 6 heteroatoms. The molecule has 1 atom stereocenters. The molecule has 110 valence electrons. The molecule has 1 amide bonds. The number of aromatic nitrogens is 3. The molecule has 1 aromatic carbocycles. The highest BCUT2D eigenvalue weighted by molar-refractivity contribution is 5.81. The van der Waals surface area contributed by atoms with Gasteiger partial charge in [-0.15, -0.1) is 5.10 Å². The number of hydrogen-bond donors (Lipinski definition) is 1. The maximum atomic E-state index is 11.9. The molecule has 0 radical (unpaired) electrons. The summed E-state index contributed by atoms with van der Waals surface area (Å²) in [5.41, 5.74) is 6.58. The number of carbonyl (C=O) groups is 1. The van der Waals surface area contributed by atoms with Gasteiger partial charge in [0, 0.05) is 19.3 Å². The normalized spacial score (nSPS) is 18.5. The van der Waals surface area contributed by atoms with E-state index >= 15 is 0 Å². The first-order valence-electron chi connectivity index (χ1n) is 7.20. The summed E-state index contributed by atoms with van der Waals surface area (Å²) < 4.78 is 1.90. The van der Waals surface area contributed by atoms with Gasteiger partial charge in [-0.05, 0) is 18.4 Å². The SMILES string of the molecule is NC(=O)C(c1ccccc1)N1CCC(n2ccnn2)CC1. The first kappa shape index (κ1) is 13.8. The molecule has 1 fully saturated rings. The minimum atomic E-state index is -0.345. The topological polar surface area (TPSA) is 77.0 Å². The second-order valence-corrected chi connectivity index (χ2v) is 5.37. The number of nitrogens with two attached hydrogens (primary N) is 1. The summed E-state index contributed by atoms with van der Waals surface area (Å²) in [5, 5.41) is 7.91. The molecule has 0 aliphatic carbocycles. The number of benzene rings is 1. The molecule has 21 heavy (non-hydrogen) atoms. The maximum Gasteiger partial charge on any atom is 0.239 e. The second-order valence-electron chi connectivity index (χ2n) is 5.37. The minimum absolute atomic E-state index is 0.291. The van der Waals surface area contributed by atoms with Gasteiger partial charge in [0.05, 0.1) is 12.2 Å². The van der Waals surface area contributed by atoms with Gasteiger partial charge in [0.1, 0.15) is 6.04 Å². The first-order chi connectivity index (χ1) is 10.3. The summed E-state index contributed by atoms with van der Waals surface area (Å²) in [6, 6.07) is 9.74. The lowest BCUT2D eigenvalue weighted by atomic mass is 9.99. The smallest absolute Gasteiger partial charge is 0.239 e. The molecular formula is C15H19N5O. The van der Waals surface area contributed by atoms with Crippen molar-refractivity contribution in [1.82, 2.24) is 19.9 Å². The number of piperidine rings is 1. The van der Waals surface area contributed by atoms with Gasteiger partial charge < -0.3 is 5.73 Å². The number of rotatable bonds is 4. The van der Waals surface area contributed by atoms with Crippen molar-refractivity contribution in [2.45, 2.75) is 24.9 Å². The van der Waals surface area contributed by atoms with E-state index in [2.05, 4.69) is 15.2 Å². The summed E-state index contributed by atoms with van der Waals surface area (Å²) in [7, 11) is 0. The van der Waals surface area contributed by atoms with Crippen molar-refractivity contribution in [3.8, 4) is 0 Å². The molecule has 2 N–H and O–H groups in total. The highest BCUT2D eigenvalue weighted by Crippen LogP contribution is 2.28. The van der Waals surface area contributed by atoms with Crippen molar-refractivity contribution in [2.24, 2.45) is 5.73 Å². The van der Waals surface area contributed by atoms with Crippen LogP contribution < -0.4 is 5.73 Å². The third-order valence-electron chi connectivity index (χ3n) is 4.06. The molecule has 0 bridgehead atoms. The van der Waals surface area contributed by atoms with Crippen molar-refractivity contribution in [3.05, 3.63) is 48.3 Å². The average molecular weight is 285 g/mol. The number of primary amides is 1. The van der Waals surface area contributed by atoms with Crippen LogP contribution in [0.1, 0.15) is 30.5 Å². The molecule has 1 aromatic heterocycles. The van der Waals surface area contributed by atoms with Gasteiger partial charge in [-0.25, -0.2) is 4.68 Å². The van der Waals surface area contributed by atoms with Crippen LogP contribution >= 0.6 is 0 Å². The van der Waals surface area contributed by atoms with Crippen LogP contribution in [0.25, 0.3) is 0 Å². The Hall–Kier alpha value is -2.21. The first-order valence-corrected chi connectivity index (χ1v) is 7.20. The third kappa shape index (κ3) is 2.95. The molecule has 0 spiro atoms. The van der Waals surface area contributed by atoms with Crippen LogP contribution in [0.3, 0.4) is 0 Å². The van der Waals surface area contributed by atoms with Crippen LogP contribution in [0.15, 0.2) is 42.7 Å². The lowest BCUT2D eigenvalue weighted by Gasteiger charge is -2.36. The van der Waals surface area contributed by atoms with E-state index in [0.29, 0.717) is 6.04 Å². The Labute approximate surface area is 123 Å². The van der Waals surface area contributed by atoms with Gasteiger partial charge in [0.2, 0.25) is 5.91 Å². The van der Waals surface area contributed by atoms with Gasteiger partial charge in [-0.3, -0.25) is 9.69 Å². The Morgan fingerprint density at radius 1 is 1.24 bits per heavy atom. The van der Waals surface area contributed by atoms with Crippen LogP contribution in [-0.2, 0) is 4.79 Å². The van der Waals surface area contributed by atoms with Gasteiger partial charge >= 0.3 is 0 Å². The highest BCUT2D eigenvalue weighted by Gasteiger charge is 2.30. The third-order valence-corrected chi connectivity index (χ3v) is 4.06. The fourth-order valence-electron chi connectivity index (χ4n) is 3.01. The molecule has 2 heterocycles. The zero-order valence-electron chi connectivity index (χ0n) is 11.8. The largest absolute Gasteiger partial charge is 0.368 e. The van der Waals surface area contributed by atoms with E-state index in [4.69, 9.17) is 5.73 Å². The molecule has 1 unspecified atom stereocenters. The van der Waals surface area contributed by atoms with Gasteiger partial charge in [-0.1, -0.05) is 35.5 Å². The van der Waals surface area contributed by atoms with Crippen molar-refractivity contribution < 1.29 is 4.79 Å². The fraction of sp³-hybridized carbons (Fsp3) is 0.400. The molecule has 1 aliphatic heterocycles. The predicted molar refractivity (Wildman–Crippen MR) is 78.2 cm³/mol. The number of nitrogens with zero attached hydrogens (tertiary/aromatic N) is 4. The second kappa shape index (κ2) is 6.05. The van der Waals surface area contributed by atoms with E-state index in [1.165, 1.54) is 0 Å². The van der Waals surface area contributed by atoms with Crippen LogP contribution in [0.4, 0.5) is 0 Å². The van der Waals surface area contributed by atoms with Gasteiger partial charge in [-0.2, -0.15) is 0 Å². The van der Waals surface area contributed by atoms with E-state index in [1.807, 2.05) is 41.2 Å². The Morgan fingerprint density at radius 2 is 1.95 bits per heavy atom. The lowest BCUT2D eigenvalue weighted by molar-refractivity contribution is -0.124. The molecule has 3 rings (SSSR count). The van der Waals surface area contributed by atoms with E-state index in [-0.39, 0.29) is 11.9 Å². The highest BCUT2D eigenvalue weighted by atomic mass is 16.1. The van der Waals surface area contributed by atoms with E-state index < -0.39 is 0 Å². The average Bonchev–Trinajstić information content (AvgIpc) is 3.03. The van der Waals surface area contributed by atoms with E-state index in [0.717, 1.165) is 31.5 Å². The maximum absolute atomic E-state index is 11.9. The molecule has 1 saturated heterocycles. The summed E-state index contributed by atoms with van der Waals surface area (Å²) in [6.45, 7) is 1.65. The quantitative estimate of drug-likeness (QED) is 0.914. The summed E-state index contributed by atoms with van der Waals surface area (Å²) in [4.78, 5) is 14.0. The molecule has 0 saturated carbocycles. The predicted octanol–water partition coefficient (Wildman–Crippen LogP) is 1.14. The Balaban J connectivity index is 1.71. The number of amides is 1. The van der Waals surface area contributed by atoms with Crippen LogP contribution in [0, 0.1) is 0 Å². The Kier molecular flexibility index (Phi) is 3.96. The van der Waals surface area contributed by atoms with Crippen molar-refractivity contribution in [1.29, 1.82) is 0 Å². The molecule has 2 aromatic rings. The van der Waals surface area contributed by atoms with Crippen molar-refractivity contribution in [2.75, 3.05) is 13.1 Å². The van der Waals surface area contributed by atoms with Crippen molar-refractivity contribution in [3.63, 3.8) is 0 Å². The number of hydrogen-bond acceptors (Lipinski definition) is 4. The summed E-state index contributed by atoms with van der Waals surface area (Å²) in [6.07, 6.45) is 5.48. The number of likely N-dealkylation sites (tertiary alicyclic amines) is 1. The zero-order chi connectivity index (χ0) is 14.7. The fourth-order valence-corrected chi connectivity index (χ4v) is 3.01. The van der Waals surface area contributed by atoms with Gasteiger partial charge in [0.25, 0.3) is 0 Å². The van der Waals surface area contributed by atoms with Crippen LogP contribution in [-0.4, -0.2) is 38.9 Å². The standard InChI is InChI=1S/C15H19N5O/c16-15(21)14(12-4-2-1-3-5-12)19-9-6-13(7-10-19)20-11-8-17-18-20/h1-5,8,11,13-14H,6-7,9-10H2,(H2,16,21). The Morgan fingerprint density at radius 3 is 2.52 bits per heavy atom.